The van der Waals surface area contributed by atoms with Gasteiger partial charge in [0.1, 0.15) is 0 Å². The van der Waals surface area contributed by atoms with Crippen LogP contribution in [-0.2, 0) is 6.18 Å². The molecule has 2 N–H and O–H groups in total. The Bertz CT molecular complexity index is 417. The van der Waals surface area contributed by atoms with E-state index in [-0.39, 0.29) is 17.6 Å². The third-order valence-corrected chi connectivity index (χ3v) is 3.74. The molecule has 2 unspecified atom stereocenters. The minimum absolute atomic E-state index is 0.0542. The van der Waals surface area contributed by atoms with Crippen LogP contribution in [0.3, 0.4) is 0 Å². The van der Waals surface area contributed by atoms with Crippen molar-refractivity contribution < 1.29 is 13.2 Å². The summed E-state index contributed by atoms with van der Waals surface area (Å²) < 4.78 is 38.9. The summed E-state index contributed by atoms with van der Waals surface area (Å²) in [4.78, 5) is 1.82. The van der Waals surface area contributed by atoms with Crippen LogP contribution in [0.25, 0.3) is 0 Å². The van der Waals surface area contributed by atoms with E-state index in [1.54, 1.807) is 6.07 Å². The Kier molecular flexibility index (Phi) is 3.52. The first-order chi connectivity index (χ1) is 8.45. The quantitative estimate of drug-likeness (QED) is 0.883. The molecule has 1 aromatic rings. The summed E-state index contributed by atoms with van der Waals surface area (Å²) in [6, 6.07) is 5.80. The molecule has 2 atom stereocenters. The van der Waals surface area contributed by atoms with Crippen molar-refractivity contribution in [3.05, 3.63) is 29.8 Å². The maximum absolute atomic E-state index is 13.0. The number of para-hydroxylation sites is 1. The summed E-state index contributed by atoms with van der Waals surface area (Å²) in [6.07, 6.45) is -3.46. The van der Waals surface area contributed by atoms with E-state index in [1.165, 1.54) is 12.1 Å². The summed E-state index contributed by atoms with van der Waals surface area (Å²) in [5.41, 5.74) is 5.35. The fourth-order valence-corrected chi connectivity index (χ4v) is 2.62. The zero-order chi connectivity index (χ0) is 13.3. The molecule has 1 aliphatic rings. The number of nitrogens with zero attached hydrogens (tertiary/aromatic N) is 1. The highest BCUT2D eigenvalue weighted by Gasteiger charge is 2.38. The Morgan fingerprint density at radius 2 is 2.00 bits per heavy atom. The average Bonchev–Trinajstić information content (AvgIpc) is 2.69. The number of alkyl halides is 3. The minimum atomic E-state index is -4.31. The van der Waals surface area contributed by atoms with Gasteiger partial charge in [0.2, 0.25) is 0 Å². The van der Waals surface area contributed by atoms with E-state index < -0.39 is 11.7 Å². The topological polar surface area (TPSA) is 29.3 Å². The van der Waals surface area contributed by atoms with Crippen LogP contribution in [0.15, 0.2) is 24.3 Å². The summed E-state index contributed by atoms with van der Waals surface area (Å²) in [7, 11) is 0. The highest BCUT2D eigenvalue weighted by Crippen LogP contribution is 2.39. The standard InChI is InChI=1S/C13H17F3N2/c1-9-10(8-17)6-7-18(9)12-5-3-2-4-11(12)13(14,15)16/h2-5,9-10H,6-8,17H2,1H3. The Balaban J connectivity index is 2.35. The monoisotopic (exact) mass is 258 g/mol. The number of rotatable bonds is 2. The summed E-state index contributed by atoms with van der Waals surface area (Å²) in [5, 5.41) is 0. The highest BCUT2D eigenvalue weighted by atomic mass is 19.4. The largest absolute Gasteiger partial charge is 0.418 e. The number of benzene rings is 1. The van der Waals surface area contributed by atoms with E-state index in [4.69, 9.17) is 5.73 Å². The van der Waals surface area contributed by atoms with Crippen molar-refractivity contribution in [1.82, 2.24) is 0 Å². The van der Waals surface area contributed by atoms with Crippen molar-refractivity contribution >= 4 is 5.69 Å². The Morgan fingerprint density at radius 1 is 1.33 bits per heavy atom. The van der Waals surface area contributed by atoms with Gasteiger partial charge in [-0.1, -0.05) is 12.1 Å². The second kappa shape index (κ2) is 4.80. The maximum atomic E-state index is 13.0. The van der Waals surface area contributed by atoms with Crippen LogP contribution in [0, 0.1) is 5.92 Å². The van der Waals surface area contributed by atoms with Gasteiger partial charge in [-0.25, -0.2) is 0 Å². The maximum Gasteiger partial charge on any atom is 0.418 e. The lowest BCUT2D eigenvalue weighted by atomic mass is 10.0. The first-order valence-corrected chi connectivity index (χ1v) is 6.08. The number of nitrogens with two attached hydrogens (primary N) is 1. The summed E-state index contributed by atoms with van der Waals surface area (Å²) in [6.45, 7) is 3.10. The van der Waals surface area contributed by atoms with Crippen LogP contribution < -0.4 is 10.6 Å². The molecule has 0 aliphatic carbocycles. The van der Waals surface area contributed by atoms with Crippen LogP contribution >= 0.6 is 0 Å². The Labute approximate surface area is 105 Å². The van der Waals surface area contributed by atoms with Crippen molar-refractivity contribution in [3.8, 4) is 0 Å². The number of hydrogen-bond acceptors (Lipinski definition) is 2. The molecule has 0 radical (unpaired) electrons. The predicted molar refractivity (Wildman–Crippen MR) is 65.4 cm³/mol. The van der Waals surface area contributed by atoms with Crippen LogP contribution in [0.4, 0.5) is 18.9 Å². The normalized spacial score (nSPS) is 24.6. The fourth-order valence-electron chi connectivity index (χ4n) is 2.62. The van der Waals surface area contributed by atoms with Crippen LogP contribution in [0.2, 0.25) is 0 Å². The third kappa shape index (κ3) is 2.32. The van der Waals surface area contributed by atoms with Gasteiger partial charge in [-0.2, -0.15) is 13.2 Å². The molecule has 1 heterocycles. The third-order valence-electron chi connectivity index (χ3n) is 3.74. The van der Waals surface area contributed by atoms with Crippen molar-refractivity contribution in [1.29, 1.82) is 0 Å². The smallest absolute Gasteiger partial charge is 0.368 e. The predicted octanol–water partition coefficient (Wildman–Crippen LogP) is 2.88. The van der Waals surface area contributed by atoms with Gasteiger partial charge in [-0.3, -0.25) is 0 Å². The second-order valence-corrected chi connectivity index (χ2v) is 4.73. The first kappa shape index (κ1) is 13.2. The van der Waals surface area contributed by atoms with Crippen molar-refractivity contribution in [2.45, 2.75) is 25.6 Å². The molecule has 18 heavy (non-hydrogen) atoms. The molecule has 1 aliphatic heterocycles. The van der Waals surface area contributed by atoms with Gasteiger partial charge in [0.15, 0.2) is 0 Å². The Morgan fingerprint density at radius 3 is 2.56 bits per heavy atom. The zero-order valence-corrected chi connectivity index (χ0v) is 10.2. The lowest BCUT2D eigenvalue weighted by molar-refractivity contribution is -0.137. The average molecular weight is 258 g/mol. The molecule has 1 saturated heterocycles. The molecule has 0 saturated carbocycles. The van der Waals surface area contributed by atoms with Gasteiger partial charge in [-0.05, 0) is 37.9 Å². The fraction of sp³-hybridized carbons (Fsp3) is 0.538. The molecule has 1 fully saturated rings. The van der Waals surface area contributed by atoms with Crippen LogP contribution in [0.5, 0.6) is 0 Å². The van der Waals surface area contributed by atoms with Gasteiger partial charge >= 0.3 is 6.18 Å². The van der Waals surface area contributed by atoms with E-state index in [1.807, 2.05) is 11.8 Å². The minimum Gasteiger partial charge on any atom is -0.368 e. The Hall–Kier alpha value is -1.23. The van der Waals surface area contributed by atoms with Gasteiger partial charge in [0, 0.05) is 18.3 Å². The van der Waals surface area contributed by atoms with Crippen molar-refractivity contribution in [3.63, 3.8) is 0 Å². The van der Waals surface area contributed by atoms with Gasteiger partial charge < -0.3 is 10.6 Å². The molecule has 0 amide bonds. The van der Waals surface area contributed by atoms with Gasteiger partial charge in [-0.15, -0.1) is 0 Å². The van der Waals surface area contributed by atoms with Gasteiger partial charge in [0.25, 0.3) is 0 Å². The molecule has 0 spiro atoms. The molecule has 5 heteroatoms. The molecule has 100 valence electrons. The molecule has 2 rings (SSSR count). The number of hydrogen-bond donors (Lipinski definition) is 1. The summed E-state index contributed by atoms with van der Waals surface area (Å²) >= 11 is 0. The lowest BCUT2D eigenvalue weighted by Gasteiger charge is -2.29. The van der Waals surface area contributed by atoms with E-state index in [2.05, 4.69) is 0 Å². The first-order valence-electron chi connectivity index (χ1n) is 6.08. The number of anilines is 1. The van der Waals surface area contributed by atoms with Crippen LogP contribution in [0.1, 0.15) is 18.9 Å². The molecule has 0 bridgehead atoms. The molecule has 1 aromatic carbocycles. The van der Waals surface area contributed by atoms with Gasteiger partial charge in [0.05, 0.1) is 5.56 Å². The van der Waals surface area contributed by atoms with E-state index in [0.29, 0.717) is 13.1 Å². The SMILES string of the molecule is CC1C(CN)CCN1c1ccccc1C(F)(F)F. The summed E-state index contributed by atoms with van der Waals surface area (Å²) in [5.74, 6) is 0.270. The van der Waals surface area contributed by atoms with Crippen molar-refractivity contribution in [2.75, 3.05) is 18.0 Å². The zero-order valence-electron chi connectivity index (χ0n) is 10.2. The van der Waals surface area contributed by atoms with E-state index in [9.17, 15) is 13.2 Å². The van der Waals surface area contributed by atoms with Crippen molar-refractivity contribution in [2.24, 2.45) is 11.7 Å². The van der Waals surface area contributed by atoms with Crippen LogP contribution in [-0.4, -0.2) is 19.1 Å². The molecule has 0 aromatic heterocycles. The van der Waals surface area contributed by atoms with E-state index in [0.717, 1.165) is 12.5 Å². The number of halogens is 3. The molecule has 2 nitrogen and oxygen atoms in total. The highest BCUT2D eigenvalue weighted by molar-refractivity contribution is 5.56. The van der Waals surface area contributed by atoms with E-state index >= 15 is 0 Å². The second-order valence-electron chi connectivity index (χ2n) is 4.73. The lowest BCUT2D eigenvalue weighted by Crippen LogP contribution is -2.34. The molecular formula is C13H17F3N2. The molecular weight excluding hydrogens is 241 g/mol.